The van der Waals surface area contributed by atoms with Crippen molar-refractivity contribution in [2.24, 2.45) is 11.1 Å². The summed E-state index contributed by atoms with van der Waals surface area (Å²) in [4.78, 5) is 0.169. The zero-order valence-electron chi connectivity index (χ0n) is 15.8. The van der Waals surface area contributed by atoms with Gasteiger partial charge in [0.15, 0.2) is 0 Å². The van der Waals surface area contributed by atoms with E-state index < -0.39 is 10.0 Å². The Morgan fingerprint density at radius 3 is 2.34 bits per heavy atom. The Balaban J connectivity index is 1.50. The van der Waals surface area contributed by atoms with Gasteiger partial charge in [-0.25, -0.2) is 13.6 Å². The van der Waals surface area contributed by atoms with Gasteiger partial charge in [0.05, 0.1) is 10.9 Å². The third kappa shape index (κ3) is 3.26. The number of nitrogens with one attached hydrogen (secondary N) is 1. The molecule has 29 heavy (non-hydrogen) atoms. The number of hydrogen-bond acceptors (Lipinski definition) is 3. The number of fused-ring (bicyclic) bond motifs is 3. The molecule has 1 heterocycles. The predicted octanol–water partition coefficient (Wildman–Crippen LogP) is 4.83. The maximum absolute atomic E-state index is 11.8. The molecule has 4 nitrogen and oxygen atoms in total. The predicted molar refractivity (Wildman–Crippen MR) is 116 cm³/mol. The summed E-state index contributed by atoms with van der Waals surface area (Å²) in [7, 11) is -3.71. The van der Waals surface area contributed by atoms with Crippen molar-refractivity contribution in [2.45, 2.75) is 23.3 Å². The summed E-state index contributed by atoms with van der Waals surface area (Å²) in [5.41, 5.74) is 5.63. The smallest absolute Gasteiger partial charge is 0.238 e. The van der Waals surface area contributed by atoms with E-state index in [4.69, 9.17) is 5.14 Å². The normalized spacial score (nSPS) is 22.6. The van der Waals surface area contributed by atoms with Gasteiger partial charge in [0.1, 0.15) is 0 Å². The highest BCUT2D eigenvalue weighted by molar-refractivity contribution is 7.89. The SMILES string of the molecule is NS(=O)(=O)c1ccc2c(c1)[C@H]1C=CC[C@H]1[C@@H](c1ccc(-c3ccccc3)cc1)N2. The fraction of sp³-hybridized carbons (Fsp3) is 0.167. The van der Waals surface area contributed by atoms with Gasteiger partial charge in [0.25, 0.3) is 0 Å². The molecule has 0 unspecified atom stereocenters. The first-order chi connectivity index (χ1) is 14.0. The molecular formula is C24H22N2O2S. The molecule has 1 aliphatic carbocycles. The molecule has 2 aliphatic rings. The summed E-state index contributed by atoms with van der Waals surface area (Å²) in [6.07, 6.45) is 5.35. The second kappa shape index (κ2) is 6.87. The third-order valence-electron chi connectivity index (χ3n) is 6.04. The average molecular weight is 403 g/mol. The Morgan fingerprint density at radius 2 is 1.62 bits per heavy atom. The monoisotopic (exact) mass is 402 g/mol. The van der Waals surface area contributed by atoms with Crippen LogP contribution < -0.4 is 10.5 Å². The second-order valence-corrected chi connectivity index (χ2v) is 9.32. The minimum atomic E-state index is -3.71. The number of allylic oxidation sites excluding steroid dienone is 2. The third-order valence-corrected chi connectivity index (χ3v) is 6.95. The number of nitrogens with two attached hydrogens (primary N) is 1. The minimum absolute atomic E-state index is 0.169. The quantitative estimate of drug-likeness (QED) is 0.617. The van der Waals surface area contributed by atoms with Gasteiger partial charge in [-0.05, 0) is 52.8 Å². The Morgan fingerprint density at radius 1 is 0.897 bits per heavy atom. The van der Waals surface area contributed by atoms with Gasteiger partial charge in [-0.1, -0.05) is 66.7 Å². The van der Waals surface area contributed by atoms with E-state index in [1.54, 1.807) is 12.1 Å². The van der Waals surface area contributed by atoms with Gasteiger partial charge in [0, 0.05) is 11.6 Å². The number of anilines is 1. The molecule has 3 aromatic carbocycles. The van der Waals surface area contributed by atoms with E-state index in [0.717, 1.165) is 17.7 Å². The van der Waals surface area contributed by atoms with Crippen molar-refractivity contribution in [3.05, 3.63) is 96.1 Å². The molecule has 1 aliphatic heterocycles. The highest BCUT2D eigenvalue weighted by Crippen LogP contribution is 2.50. The fourth-order valence-corrected chi connectivity index (χ4v) is 5.14. The van der Waals surface area contributed by atoms with Crippen molar-refractivity contribution in [2.75, 3.05) is 5.32 Å². The maximum Gasteiger partial charge on any atom is 0.238 e. The summed E-state index contributed by atoms with van der Waals surface area (Å²) < 4.78 is 23.6. The van der Waals surface area contributed by atoms with Gasteiger partial charge in [0.2, 0.25) is 10.0 Å². The van der Waals surface area contributed by atoms with Crippen LogP contribution in [0.2, 0.25) is 0 Å². The zero-order chi connectivity index (χ0) is 20.0. The van der Waals surface area contributed by atoms with E-state index in [9.17, 15) is 8.42 Å². The summed E-state index contributed by atoms with van der Waals surface area (Å²) in [5, 5.41) is 8.99. The molecule has 0 spiro atoms. The van der Waals surface area contributed by atoms with E-state index >= 15 is 0 Å². The zero-order valence-corrected chi connectivity index (χ0v) is 16.6. The Kier molecular flexibility index (Phi) is 4.30. The first kappa shape index (κ1) is 18.2. The lowest BCUT2D eigenvalue weighted by atomic mass is 9.77. The summed E-state index contributed by atoms with van der Waals surface area (Å²) >= 11 is 0. The maximum atomic E-state index is 11.8. The van der Waals surface area contributed by atoms with Crippen LogP contribution in [0.1, 0.15) is 29.5 Å². The van der Waals surface area contributed by atoms with Crippen LogP contribution in [-0.4, -0.2) is 8.42 Å². The van der Waals surface area contributed by atoms with Crippen LogP contribution in [0.5, 0.6) is 0 Å². The van der Waals surface area contributed by atoms with Crippen LogP contribution in [0, 0.1) is 5.92 Å². The van der Waals surface area contributed by atoms with Gasteiger partial charge in [-0.15, -0.1) is 0 Å². The van der Waals surface area contributed by atoms with Crippen molar-refractivity contribution in [1.29, 1.82) is 0 Å². The molecule has 0 saturated carbocycles. The molecule has 5 rings (SSSR count). The van der Waals surface area contributed by atoms with Gasteiger partial charge in [-0.3, -0.25) is 0 Å². The van der Waals surface area contributed by atoms with E-state index in [0.29, 0.717) is 5.92 Å². The molecule has 0 fully saturated rings. The largest absolute Gasteiger partial charge is 0.378 e. The molecule has 146 valence electrons. The van der Waals surface area contributed by atoms with Gasteiger partial charge in [-0.2, -0.15) is 0 Å². The van der Waals surface area contributed by atoms with Crippen molar-refractivity contribution in [3.8, 4) is 11.1 Å². The highest BCUT2D eigenvalue weighted by Gasteiger charge is 2.38. The van der Waals surface area contributed by atoms with Crippen LogP contribution in [0.3, 0.4) is 0 Å². The van der Waals surface area contributed by atoms with Gasteiger partial charge < -0.3 is 5.32 Å². The van der Waals surface area contributed by atoms with Crippen LogP contribution in [-0.2, 0) is 10.0 Å². The lowest BCUT2D eigenvalue weighted by molar-refractivity contribution is 0.425. The molecule has 0 aromatic heterocycles. The molecule has 0 saturated heterocycles. The summed E-state index contributed by atoms with van der Waals surface area (Å²) in [6.45, 7) is 0. The Hall–Kier alpha value is -2.89. The molecular weight excluding hydrogens is 380 g/mol. The van der Waals surface area contributed by atoms with Crippen LogP contribution >= 0.6 is 0 Å². The molecule has 3 N–H and O–H groups in total. The van der Waals surface area contributed by atoms with E-state index in [2.05, 4.69) is 53.9 Å². The number of sulfonamides is 1. The molecule has 0 radical (unpaired) electrons. The topological polar surface area (TPSA) is 72.2 Å². The van der Waals surface area contributed by atoms with Crippen molar-refractivity contribution >= 4 is 15.7 Å². The first-order valence-electron chi connectivity index (χ1n) is 9.76. The van der Waals surface area contributed by atoms with E-state index in [1.165, 1.54) is 16.7 Å². The lowest BCUT2D eigenvalue weighted by Crippen LogP contribution is -2.29. The fourth-order valence-electron chi connectivity index (χ4n) is 4.59. The lowest BCUT2D eigenvalue weighted by Gasteiger charge is -2.37. The number of hydrogen-bond donors (Lipinski definition) is 2. The van der Waals surface area contributed by atoms with Crippen LogP contribution in [0.4, 0.5) is 5.69 Å². The second-order valence-electron chi connectivity index (χ2n) is 7.76. The first-order valence-corrected chi connectivity index (χ1v) is 11.3. The molecule has 3 atom stereocenters. The van der Waals surface area contributed by atoms with Crippen molar-refractivity contribution in [1.82, 2.24) is 0 Å². The standard InChI is InChI=1S/C24H22N2O2S/c25-29(27,28)19-13-14-23-22(15-19)20-7-4-8-21(20)24(26-23)18-11-9-17(10-12-18)16-5-2-1-3-6-16/h1-7,9-15,20-21,24,26H,8H2,(H2,25,27,28)/t20-,21+,24+/m0/s1. The summed E-state index contributed by atoms with van der Waals surface area (Å²) in [6, 6.07) is 24.4. The number of rotatable bonds is 3. The Bertz CT molecular complexity index is 1190. The minimum Gasteiger partial charge on any atom is -0.378 e. The van der Waals surface area contributed by atoms with Crippen molar-refractivity contribution in [3.63, 3.8) is 0 Å². The molecule has 5 heteroatoms. The van der Waals surface area contributed by atoms with Crippen LogP contribution in [0.25, 0.3) is 11.1 Å². The highest BCUT2D eigenvalue weighted by atomic mass is 32.2. The number of primary sulfonamides is 1. The average Bonchev–Trinajstić information content (AvgIpc) is 3.23. The number of benzene rings is 3. The van der Waals surface area contributed by atoms with Crippen LogP contribution in [0.15, 0.2) is 89.8 Å². The molecule has 0 bridgehead atoms. The molecule has 0 amide bonds. The van der Waals surface area contributed by atoms with E-state index in [-0.39, 0.29) is 16.9 Å². The van der Waals surface area contributed by atoms with Gasteiger partial charge >= 0.3 is 0 Å². The molecule has 3 aromatic rings. The summed E-state index contributed by atoms with van der Waals surface area (Å²) in [5.74, 6) is 0.535. The van der Waals surface area contributed by atoms with E-state index in [1.807, 2.05) is 24.3 Å². The Labute approximate surface area is 171 Å². The van der Waals surface area contributed by atoms with Crippen molar-refractivity contribution < 1.29 is 8.42 Å².